The van der Waals surface area contributed by atoms with Gasteiger partial charge in [-0.25, -0.2) is 8.42 Å². The van der Waals surface area contributed by atoms with Crippen LogP contribution in [-0.4, -0.2) is 26.1 Å². The summed E-state index contributed by atoms with van der Waals surface area (Å²) >= 11 is 0. The van der Waals surface area contributed by atoms with Gasteiger partial charge in [0.2, 0.25) is 0 Å². The van der Waals surface area contributed by atoms with Gasteiger partial charge in [-0.05, 0) is 12.1 Å². The second-order valence-corrected chi connectivity index (χ2v) is 5.17. The minimum absolute atomic E-state index is 0. The molecule has 2 rings (SSSR count). The summed E-state index contributed by atoms with van der Waals surface area (Å²) in [6.45, 7) is 1.05. The molecule has 0 aliphatic rings. The molecule has 2 aromatic carbocycles. The molecule has 0 aliphatic heterocycles. The standard InChI is InChI=1S/C12H14N2O3S.Na/c13-7-8-14-11-5-1-4-10-9(11)3-2-6-12(10)18(15,16)17;/h1-6,14H,7-8,13H2,(H,15,16,17);/q;+1/p-1. The summed E-state index contributed by atoms with van der Waals surface area (Å²) in [7, 11) is -4.47. The third-order valence-corrected chi connectivity index (χ3v) is 3.51. The van der Waals surface area contributed by atoms with Crippen molar-refractivity contribution in [3.63, 3.8) is 0 Å². The second kappa shape index (κ2) is 6.69. The molecular weight excluding hydrogens is 275 g/mol. The quantitative estimate of drug-likeness (QED) is 0.507. The number of benzene rings is 2. The van der Waals surface area contributed by atoms with Gasteiger partial charge in [0.15, 0.2) is 0 Å². The van der Waals surface area contributed by atoms with Crippen LogP contribution in [0, 0.1) is 0 Å². The Balaban J connectivity index is 0.00000180. The molecule has 5 nitrogen and oxygen atoms in total. The molecular formula is C12H13N2NaO3S. The van der Waals surface area contributed by atoms with E-state index in [1.54, 1.807) is 24.3 Å². The molecule has 7 heteroatoms. The van der Waals surface area contributed by atoms with Gasteiger partial charge in [-0.3, -0.25) is 0 Å². The Morgan fingerprint density at radius 3 is 2.37 bits per heavy atom. The molecule has 0 aliphatic carbocycles. The van der Waals surface area contributed by atoms with Crippen LogP contribution >= 0.6 is 0 Å². The van der Waals surface area contributed by atoms with Crippen LogP contribution in [0.4, 0.5) is 5.69 Å². The predicted octanol–water partition coefficient (Wildman–Crippen LogP) is -1.88. The van der Waals surface area contributed by atoms with Crippen molar-refractivity contribution in [2.24, 2.45) is 5.73 Å². The maximum atomic E-state index is 11.2. The fourth-order valence-electron chi connectivity index (χ4n) is 1.86. The second-order valence-electron chi connectivity index (χ2n) is 3.83. The summed E-state index contributed by atoms with van der Waals surface area (Å²) in [5, 5.41) is 4.22. The number of hydrogen-bond acceptors (Lipinski definition) is 5. The van der Waals surface area contributed by atoms with Gasteiger partial charge in [-0.2, -0.15) is 0 Å². The van der Waals surface area contributed by atoms with Gasteiger partial charge >= 0.3 is 29.6 Å². The van der Waals surface area contributed by atoms with E-state index in [0.29, 0.717) is 23.9 Å². The largest absolute Gasteiger partial charge is 1.00 e. The molecule has 0 aromatic heterocycles. The van der Waals surface area contributed by atoms with Crippen molar-refractivity contribution in [3.8, 4) is 0 Å². The first-order valence-electron chi connectivity index (χ1n) is 5.45. The molecule has 0 amide bonds. The summed E-state index contributed by atoms with van der Waals surface area (Å²) < 4.78 is 33.5. The van der Waals surface area contributed by atoms with E-state index in [4.69, 9.17) is 5.73 Å². The maximum absolute atomic E-state index is 11.2. The number of nitrogens with one attached hydrogen (secondary N) is 1. The maximum Gasteiger partial charge on any atom is 1.00 e. The Kier molecular flexibility index (Phi) is 5.79. The van der Waals surface area contributed by atoms with E-state index in [9.17, 15) is 13.0 Å². The van der Waals surface area contributed by atoms with E-state index >= 15 is 0 Å². The van der Waals surface area contributed by atoms with Crippen LogP contribution in [0.3, 0.4) is 0 Å². The predicted molar refractivity (Wildman–Crippen MR) is 69.5 cm³/mol. The number of fused-ring (bicyclic) bond motifs is 1. The zero-order valence-electron chi connectivity index (χ0n) is 10.6. The molecule has 0 spiro atoms. The topological polar surface area (TPSA) is 95.2 Å². The van der Waals surface area contributed by atoms with E-state index < -0.39 is 10.1 Å². The van der Waals surface area contributed by atoms with Gasteiger partial charge < -0.3 is 15.6 Å². The molecule has 96 valence electrons. The van der Waals surface area contributed by atoms with Gasteiger partial charge in [0.05, 0.1) is 4.90 Å². The number of anilines is 1. The summed E-state index contributed by atoms with van der Waals surface area (Å²) in [4.78, 5) is -0.198. The van der Waals surface area contributed by atoms with E-state index in [2.05, 4.69) is 5.32 Å². The number of hydrogen-bond donors (Lipinski definition) is 2. The van der Waals surface area contributed by atoms with E-state index in [1.807, 2.05) is 6.07 Å². The third-order valence-electron chi connectivity index (χ3n) is 2.61. The molecule has 0 radical (unpaired) electrons. The van der Waals surface area contributed by atoms with Crippen LogP contribution < -0.4 is 40.6 Å². The van der Waals surface area contributed by atoms with Crippen LogP contribution in [0.15, 0.2) is 41.3 Å². The van der Waals surface area contributed by atoms with Crippen molar-refractivity contribution in [1.82, 2.24) is 0 Å². The van der Waals surface area contributed by atoms with Crippen LogP contribution in [0.1, 0.15) is 0 Å². The zero-order valence-corrected chi connectivity index (χ0v) is 13.4. The van der Waals surface area contributed by atoms with Gasteiger partial charge in [-0.1, -0.05) is 24.3 Å². The van der Waals surface area contributed by atoms with Crippen molar-refractivity contribution in [3.05, 3.63) is 36.4 Å². The van der Waals surface area contributed by atoms with Crippen molar-refractivity contribution < 1.29 is 42.5 Å². The minimum Gasteiger partial charge on any atom is -0.744 e. The Morgan fingerprint density at radius 2 is 1.74 bits per heavy atom. The van der Waals surface area contributed by atoms with Crippen LogP contribution in [-0.2, 0) is 10.1 Å². The fraction of sp³-hybridized carbons (Fsp3) is 0.167. The summed E-state index contributed by atoms with van der Waals surface area (Å²) in [6, 6.07) is 9.78. The molecule has 0 bridgehead atoms. The first kappa shape index (κ1) is 16.4. The normalized spacial score (nSPS) is 11.1. The minimum atomic E-state index is -4.47. The Bertz CT molecular complexity index is 674. The van der Waals surface area contributed by atoms with Crippen LogP contribution in [0.5, 0.6) is 0 Å². The summed E-state index contributed by atoms with van der Waals surface area (Å²) in [5.41, 5.74) is 6.18. The molecule has 0 heterocycles. The summed E-state index contributed by atoms with van der Waals surface area (Å²) in [5.74, 6) is 0. The van der Waals surface area contributed by atoms with E-state index in [1.165, 1.54) is 6.07 Å². The van der Waals surface area contributed by atoms with Crippen molar-refractivity contribution >= 4 is 26.6 Å². The van der Waals surface area contributed by atoms with Crippen molar-refractivity contribution in [2.75, 3.05) is 18.4 Å². The molecule has 0 fully saturated rings. The molecule has 3 N–H and O–H groups in total. The molecule has 0 unspecified atom stereocenters. The molecule has 0 atom stereocenters. The van der Waals surface area contributed by atoms with Crippen LogP contribution in [0.25, 0.3) is 10.8 Å². The van der Waals surface area contributed by atoms with Gasteiger partial charge in [-0.15, -0.1) is 0 Å². The first-order valence-corrected chi connectivity index (χ1v) is 6.86. The zero-order chi connectivity index (χ0) is 13.2. The molecule has 0 saturated carbocycles. The summed E-state index contributed by atoms with van der Waals surface area (Å²) in [6.07, 6.45) is 0. The first-order chi connectivity index (χ1) is 8.54. The Labute approximate surface area is 134 Å². The smallest absolute Gasteiger partial charge is 0.744 e. The SMILES string of the molecule is NCCNc1cccc2c(S(=O)(=O)[O-])cccc12.[Na+]. The van der Waals surface area contributed by atoms with E-state index in [0.717, 1.165) is 5.69 Å². The van der Waals surface area contributed by atoms with E-state index in [-0.39, 0.29) is 34.5 Å². The fourth-order valence-corrected chi connectivity index (χ4v) is 2.55. The number of rotatable bonds is 4. The number of nitrogens with two attached hydrogens (primary N) is 1. The molecule has 0 saturated heterocycles. The van der Waals surface area contributed by atoms with Gasteiger partial charge in [0.25, 0.3) is 0 Å². The average Bonchev–Trinajstić information content (AvgIpc) is 2.34. The van der Waals surface area contributed by atoms with Gasteiger partial charge in [0, 0.05) is 29.5 Å². The van der Waals surface area contributed by atoms with Crippen molar-refractivity contribution in [1.29, 1.82) is 0 Å². The van der Waals surface area contributed by atoms with Gasteiger partial charge in [0.1, 0.15) is 10.1 Å². The molecule has 2 aromatic rings. The Hall–Kier alpha value is -0.630. The molecule has 19 heavy (non-hydrogen) atoms. The van der Waals surface area contributed by atoms with Crippen LogP contribution in [0.2, 0.25) is 0 Å². The average molecular weight is 288 g/mol. The monoisotopic (exact) mass is 288 g/mol. The Morgan fingerprint density at radius 1 is 1.11 bits per heavy atom. The van der Waals surface area contributed by atoms with Crippen molar-refractivity contribution in [2.45, 2.75) is 4.90 Å². The third kappa shape index (κ3) is 3.68.